The van der Waals surface area contributed by atoms with Gasteiger partial charge in [0.1, 0.15) is 0 Å². The van der Waals surface area contributed by atoms with Crippen LogP contribution >= 0.6 is 0 Å². The van der Waals surface area contributed by atoms with E-state index in [2.05, 4.69) is 37.5 Å². The Labute approximate surface area is 111 Å². The van der Waals surface area contributed by atoms with Crippen molar-refractivity contribution in [3.05, 3.63) is 39.5 Å². The van der Waals surface area contributed by atoms with Gasteiger partial charge in [-0.05, 0) is 38.8 Å². The summed E-state index contributed by atoms with van der Waals surface area (Å²) < 4.78 is 0. The molecular weight excluding hydrogens is 240 g/mol. The number of rotatable bonds is 2. The van der Waals surface area contributed by atoms with Gasteiger partial charge < -0.3 is 0 Å². The number of H-pyrrole nitrogens is 1. The molecule has 1 aromatic heterocycles. The molecule has 0 amide bonds. The molecule has 0 aliphatic heterocycles. The monoisotopic (exact) mass is 255 g/mol. The minimum Gasteiger partial charge on any atom is -0.186 e. The highest BCUT2D eigenvalue weighted by Gasteiger charge is 2.21. The van der Waals surface area contributed by atoms with Crippen molar-refractivity contribution in [2.45, 2.75) is 27.7 Å². The normalized spacial score (nSPS) is 10.9. The Kier molecular flexibility index (Phi) is 3.38. The molecule has 0 saturated carbocycles. The second-order valence-corrected chi connectivity index (χ2v) is 4.57. The van der Waals surface area contributed by atoms with Gasteiger partial charge in [-0.1, -0.05) is 17.7 Å². The van der Waals surface area contributed by atoms with Crippen molar-refractivity contribution >= 4 is 17.2 Å². The fourth-order valence-electron chi connectivity index (χ4n) is 2.03. The Balaban J connectivity index is 2.44. The van der Waals surface area contributed by atoms with E-state index in [1.54, 1.807) is 6.92 Å². The number of aryl methyl sites for hydroxylation is 4. The van der Waals surface area contributed by atoms with E-state index in [0.717, 1.165) is 16.8 Å². The number of hydrogen-bond acceptors (Lipinski definition) is 4. The molecule has 0 spiro atoms. The van der Waals surface area contributed by atoms with Crippen molar-refractivity contribution < 1.29 is 0 Å². The van der Waals surface area contributed by atoms with E-state index in [9.17, 15) is 0 Å². The van der Waals surface area contributed by atoms with E-state index < -0.39 is 0 Å². The predicted octanol–water partition coefficient (Wildman–Crippen LogP) is 4.54. The van der Waals surface area contributed by atoms with Crippen molar-refractivity contribution in [1.82, 2.24) is 10.2 Å². The van der Waals surface area contributed by atoms with Crippen LogP contribution < -0.4 is 0 Å². The quantitative estimate of drug-likeness (QED) is 0.631. The number of aromatic amines is 1. The second-order valence-electron chi connectivity index (χ2n) is 4.57. The Hall–Kier alpha value is -2.55. The topological polar surface area (TPSA) is 81.5 Å². The number of diazo groups is 1. The SMILES string of the molecule is Cc1cc(C)c(N=Nc2c([N+]#N)n[nH]c2C)c(C)c1. The molecule has 1 aromatic carbocycles. The average Bonchev–Trinajstić information content (AvgIpc) is 2.69. The molecular formula is C13H15N6+. The van der Waals surface area contributed by atoms with Gasteiger partial charge in [0, 0.05) is 4.98 Å². The molecule has 0 aliphatic rings. The largest absolute Gasteiger partial charge is 0.515 e. The van der Waals surface area contributed by atoms with Crippen molar-refractivity contribution in [3.8, 4) is 0 Å². The zero-order valence-electron chi connectivity index (χ0n) is 11.4. The minimum absolute atomic E-state index is 0.142. The van der Waals surface area contributed by atoms with Crippen molar-refractivity contribution in [2.24, 2.45) is 10.2 Å². The lowest BCUT2D eigenvalue weighted by molar-refractivity contribution is 1.05. The lowest BCUT2D eigenvalue weighted by atomic mass is 10.1. The van der Waals surface area contributed by atoms with Gasteiger partial charge in [-0.3, -0.25) is 0 Å². The molecule has 1 N–H and O–H groups in total. The summed E-state index contributed by atoms with van der Waals surface area (Å²) in [6.45, 7) is 7.83. The van der Waals surface area contributed by atoms with Crippen LogP contribution in [-0.4, -0.2) is 10.2 Å². The Morgan fingerprint density at radius 1 is 1.05 bits per heavy atom. The van der Waals surface area contributed by atoms with Crippen LogP contribution in [0.4, 0.5) is 17.2 Å². The maximum absolute atomic E-state index is 8.82. The van der Waals surface area contributed by atoms with E-state index in [1.807, 2.05) is 20.8 Å². The summed E-state index contributed by atoms with van der Waals surface area (Å²) in [5.74, 6) is 0.142. The lowest BCUT2D eigenvalue weighted by Gasteiger charge is -2.04. The summed E-state index contributed by atoms with van der Waals surface area (Å²) >= 11 is 0. The molecule has 2 aromatic rings. The molecule has 0 fully saturated rings. The third-order valence-corrected chi connectivity index (χ3v) is 2.88. The van der Waals surface area contributed by atoms with E-state index in [-0.39, 0.29) is 5.82 Å². The Bertz CT molecular complexity index is 667. The van der Waals surface area contributed by atoms with Crippen LogP contribution in [-0.2, 0) is 0 Å². The molecule has 1 heterocycles. The van der Waals surface area contributed by atoms with E-state index in [4.69, 9.17) is 5.39 Å². The van der Waals surface area contributed by atoms with Crippen molar-refractivity contribution in [1.29, 1.82) is 5.39 Å². The number of benzene rings is 1. The summed E-state index contributed by atoms with van der Waals surface area (Å²) in [5.41, 5.74) is 5.30. The van der Waals surface area contributed by atoms with Crippen LogP contribution in [0.3, 0.4) is 0 Å². The number of hydrogen-bond donors (Lipinski definition) is 1. The van der Waals surface area contributed by atoms with Gasteiger partial charge in [0.25, 0.3) is 0 Å². The number of nitrogens with one attached hydrogen (secondary N) is 1. The van der Waals surface area contributed by atoms with Crippen LogP contribution in [0.1, 0.15) is 22.4 Å². The summed E-state index contributed by atoms with van der Waals surface area (Å²) in [5, 5.41) is 23.7. The third kappa shape index (κ3) is 2.50. The van der Waals surface area contributed by atoms with E-state index in [1.165, 1.54) is 5.56 Å². The van der Waals surface area contributed by atoms with Crippen LogP contribution in [0.15, 0.2) is 22.4 Å². The van der Waals surface area contributed by atoms with E-state index >= 15 is 0 Å². The highest BCUT2D eigenvalue weighted by molar-refractivity contribution is 5.63. The highest BCUT2D eigenvalue weighted by Crippen LogP contribution is 2.32. The molecule has 19 heavy (non-hydrogen) atoms. The third-order valence-electron chi connectivity index (χ3n) is 2.88. The van der Waals surface area contributed by atoms with Gasteiger partial charge in [-0.2, -0.15) is 5.10 Å². The van der Waals surface area contributed by atoms with Crippen molar-refractivity contribution in [2.75, 3.05) is 0 Å². The molecule has 0 atom stereocenters. The maximum Gasteiger partial charge on any atom is 0.515 e. The first kappa shape index (κ1) is 12.9. The summed E-state index contributed by atoms with van der Waals surface area (Å²) in [7, 11) is 0. The van der Waals surface area contributed by atoms with E-state index in [0.29, 0.717) is 11.4 Å². The second kappa shape index (κ2) is 4.98. The molecule has 0 bridgehead atoms. The van der Waals surface area contributed by atoms with Gasteiger partial charge in [0.2, 0.25) is 5.69 Å². The number of nitrogens with zero attached hydrogens (tertiary/aromatic N) is 5. The van der Waals surface area contributed by atoms with Gasteiger partial charge in [0.15, 0.2) is 0 Å². The molecule has 0 aliphatic carbocycles. The molecule has 0 saturated heterocycles. The lowest BCUT2D eigenvalue weighted by Crippen LogP contribution is -1.82. The molecule has 0 unspecified atom stereocenters. The average molecular weight is 255 g/mol. The zero-order chi connectivity index (χ0) is 14.0. The first-order chi connectivity index (χ1) is 9.02. The molecule has 6 heteroatoms. The number of azo groups is 1. The van der Waals surface area contributed by atoms with Gasteiger partial charge in [0.05, 0.1) is 21.9 Å². The summed E-state index contributed by atoms with van der Waals surface area (Å²) in [4.78, 5) is 3.07. The van der Waals surface area contributed by atoms with Gasteiger partial charge in [-0.25, -0.2) is 0 Å². The van der Waals surface area contributed by atoms with Crippen LogP contribution in [0.25, 0.3) is 4.98 Å². The summed E-state index contributed by atoms with van der Waals surface area (Å²) in [6, 6.07) is 4.11. The van der Waals surface area contributed by atoms with Gasteiger partial charge in [-0.15, -0.1) is 10.2 Å². The van der Waals surface area contributed by atoms with Crippen LogP contribution in [0.2, 0.25) is 0 Å². The minimum atomic E-state index is 0.142. The first-order valence-electron chi connectivity index (χ1n) is 5.92. The molecule has 6 nitrogen and oxygen atoms in total. The fraction of sp³-hybridized carbons (Fsp3) is 0.308. The standard InChI is InChI=1S/C13H15N6/c1-7-5-8(2)11(9(3)6-7)17-18-12-10(4)16-19-13(12)15-14/h5-6H,1-4H3,(H,16,19)/q+1. The summed E-state index contributed by atoms with van der Waals surface area (Å²) in [6.07, 6.45) is 0. The van der Waals surface area contributed by atoms with Crippen LogP contribution in [0.5, 0.6) is 0 Å². The molecule has 2 rings (SSSR count). The van der Waals surface area contributed by atoms with Crippen molar-refractivity contribution in [3.63, 3.8) is 0 Å². The van der Waals surface area contributed by atoms with Gasteiger partial charge >= 0.3 is 5.82 Å². The maximum atomic E-state index is 8.82. The first-order valence-corrected chi connectivity index (χ1v) is 5.92. The fourth-order valence-corrected chi connectivity index (χ4v) is 2.03. The predicted molar refractivity (Wildman–Crippen MR) is 72.9 cm³/mol. The van der Waals surface area contributed by atoms with Crippen LogP contribution in [0, 0.1) is 33.1 Å². The molecule has 96 valence electrons. The highest BCUT2D eigenvalue weighted by atomic mass is 15.2. The smallest absolute Gasteiger partial charge is 0.186 e. The Morgan fingerprint density at radius 2 is 1.63 bits per heavy atom. The zero-order valence-corrected chi connectivity index (χ0v) is 11.4. The number of aromatic nitrogens is 2. The Morgan fingerprint density at radius 3 is 2.21 bits per heavy atom. The molecule has 0 radical (unpaired) electrons.